The van der Waals surface area contributed by atoms with Gasteiger partial charge in [0.15, 0.2) is 0 Å². The van der Waals surface area contributed by atoms with Crippen molar-refractivity contribution in [3.05, 3.63) is 36.9 Å². The van der Waals surface area contributed by atoms with Gasteiger partial charge in [-0.05, 0) is 35.0 Å². The van der Waals surface area contributed by atoms with Crippen molar-refractivity contribution < 1.29 is 4.79 Å². The van der Waals surface area contributed by atoms with Crippen molar-refractivity contribution >= 4 is 44.5 Å². The smallest absolute Gasteiger partial charge is 0.261 e. The van der Waals surface area contributed by atoms with E-state index >= 15 is 0 Å². The number of thiazole rings is 1. The van der Waals surface area contributed by atoms with Gasteiger partial charge in [0.25, 0.3) is 5.91 Å². The van der Waals surface area contributed by atoms with Gasteiger partial charge in [-0.25, -0.2) is 4.98 Å². The Labute approximate surface area is 110 Å². The van der Waals surface area contributed by atoms with Crippen LogP contribution < -0.4 is 5.32 Å². The first-order valence-electron chi connectivity index (χ1n) is 4.59. The molecule has 0 bridgehead atoms. The van der Waals surface area contributed by atoms with Crippen LogP contribution >= 0.6 is 38.6 Å². The number of nitrogens with zero attached hydrogens (tertiary/aromatic N) is 1. The molecule has 0 aromatic carbocycles. The highest BCUT2D eigenvalue weighted by Gasteiger charge is 2.08. The van der Waals surface area contributed by atoms with Gasteiger partial charge in [0, 0.05) is 11.1 Å². The normalized spacial score (nSPS) is 10.4. The molecular weight excluding hydrogens is 308 g/mol. The Morgan fingerprint density at radius 2 is 2.38 bits per heavy atom. The Balaban J connectivity index is 1.93. The first-order valence-corrected chi connectivity index (χ1v) is 7.08. The van der Waals surface area contributed by atoms with Gasteiger partial charge in [-0.1, -0.05) is 0 Å². The molecule has 0 fully saturated rings. The fourth-order valence-electron chi connectivity index (χ4n) is 1.16. The number of nitrogens with one attached hydrogen (secondary N) is 1. The van der Waals surface area contributed by atoms with Gasteiger partial charge in [0.05, 0.1) is 15.2 Å². The van der Waals surface area contributed by atoms with E-state index in [1.54, 1.807) is 17.4 Å². The standard InChI is InChI=1S/C10H9BrN2OS2/c1-6-5-15-9(13-6)4-12-10(14)7-2-3-8(11)16-7/h2-3,5H,4H2,1H3,(H,12,14). The van der Waals surface area contributed by atoms with E-state index in [2.05, 4.69) is 26.2 Å². The van der Waals surface area contributed by atoms with Gasteiger partial charge >= 0.3 is 0 Å². The molecule has 1 amide bonds. The molecule has 6 heteroatoms. The molecule has 0 aliphatic carbocycles. The molecule has 3 nitrogen and oxygen atoms in total. The average molecular weight is 317 g/mol. The fraction of sp³-hybridized carbons (Fsp3) is 0.200. The number of carbonyl (C=O) groups is 1. The molecule has 0 aliphatic rings. The first-order chi connectivity index (χ1) is 7.65. The lowest BCUT2D eigenvalue weighted by Gasteiger charge is -1.99. The maximum Gasteiger partial charge on any atom is 0.261 e. The van der Waals surface area contributed by atoms with Crippen LogP contribution in [0, 0.1) is 6.92 Å². The molecule has 2 aromatic heterocycles. The van der Waals surface area contributed by atoms with E-state index < -0.39 is 0 Å². The number of aryl methyl sites for hydroxylation is 1. The molecule has 0 atom stereocenters. The van der Waals surface area contributed by atoms with Gasteiger partial charge < -0.3 is 5.32 Å². The monoisotopic (exact) mass is 316 g/mol. The number of thiophene rings is 1. The summed E-state index contributed by atoms with van der Waals surface area (Å²) in [6.45, 7) is 2.44. The molecule has 0 saturated heterocycles. The molecule has 2 rings (SSSR count). The van der Waals surface area contributed by atoms with E-state index in [0.29, 0.717) is 11.4 Å². The second kappa shape index (κ2) is 5.07. The van der Waals surface area contributed by atoms with Crippen molar-refractivity contribution in [2.24, 2.45) is 0 Å². The predicted octanol–water partition coefficient (Wildman–Crippen LogP) is 3.21. The number of rotatable bonds is 3. The maximum atomic E-state index is 11.7. The molecular formula is C10H9BrN2OS2. The topological polar surface area (TPSA) is 42.0 Å². The van der Waals surface area contributed by atoms with Crippen molar-refractivity contribution in [2.45, 2.75) is 13.5 Å². The summed E-state index contributed by atoms with van der Waals surface area (Å²) in [7, 11) is 0. The van der Waals surface area contributed by atoms with Crippen LogP contribution in [0.1, 0.15) is 20.4 Å². The Hall–Kier alpha value is -0.720. The summed E-state index contributed by atoms with van der Waals surface area (Å²) in [6, 6.07) is 3.67. The Bertz CT molecular complexity index is 506. The van der Waals surface area contributed by atoms with Crippen LogP contribution in [0.15, 0.2) is 21.3 Å². The minimum absolute atomic E-state index is 0.0523. The summed E-state index contributed by atoms with van der Waals surface area (Å²) in [5.74, 6) is -0.0523. The second-order valence-corrected chi connectivity index (χ2v) is 6.57. The van der Waals surface area contributed by atoms with Gasteiger partial charge in [-0.2, -0.15) is 0 Å². The minimum Gasteiger partial charge on any atom is -0.345 e. The molecule has 0 unspecified atom stereocenters. The predicted molar refractivity (Wildman–Crippen MR) is 70.0 cm³/mol. The molecule has 2 aromatic rings. The van der Waals surface area contributed by atoms with Gasteiger partial charge in [0.1, 0.15) is 5.01 Å². The summed E-state index contributed by atoms with van der Waals surface area (Å²) >= 11 is 6.31. The molecule has 0 spiro atoms. The maximum absolute atomic E-state index is 11.7. The Kier molecular flexibility index (Phi) is 3.73. The van der Waals surface area contributed by atoms with Crippen LogP contribution in [0.4, 0.5) is 0 Å². The quantitative estimate of drug-likeness (QED) is 0.944. The lowest BCUT2D eigenvalue weighted by Crippen LogP contribution is -2.21. The highest BCUT2D eigenvalue weighted by molar-refractivity contribution is 9.11. The zero-order valence-electron chi connectivity index (χ0n) is 8.49. The summed E-state index contributed by atoms with van der Waals surface area (Å²) in [5.41, 5.74) is 0.994. The number of hydrogen-bond acceptors (Lipinski definition) is 4. The van der Waals surface area contributed by atoms with Crippen LogP contribution in [0.3, 0.4) is 0 Å². The Morgan fingerprint density at radius 1 is 1.56 bits per heavy atom. The van der Waals surface area contributed by atoms with Crippen molar-refractivity contribution in [1.29, 1.82) is 0 Å². The van der Waals surface area contributed by atoms with Crippen LogP contribution in [-0.4, -0.2) is 10.9 Å². The molecule has 0 aliphatic heterocycles. The highest BCUT2D eigenvalue weighted by atomic mass is 79.9. The number of hydrogen-bond donors (Lipinski definition) is 1. The Morgan fingerprint density at radius 3 is 2.94 bits per heavy atom. The second-order valence-electron chi connectivity index (χ2n) is 3.17. The third-order valence-electron chi connectivity index (χ3n) is 1.86. The van der Waals surface area contributed by atoms with Crippen molar-refractivity contribution in [1.82, 2.24) is 10.3 Å². The number of amides is 1. The zero-order chi connectivity index (χ0) is 11.5. The van der Waals surface area contributed by atoms with E-state index in [4.69, 9.17) is 0 Å². The van der Waals surface area contributed by atoms with E-state index in [9.17, 15) is 4.79 Å². The van der Waals surface area contributed by atoms with Crippen LogP contribution in [-0.2, 0) is 6.54 Å². The van der Waals surface area contributed by atoms with E-state index in [1.165, 1.54) is 11.3 Å². The SMILES string of the molecule is Cc1csc(CNC(=O)c2ccc(Br)s2)n1. The van der Waals surface area contributed by atoms with Crippen molar-refractivity contribution in [2.75, 3.05) is 0 Å². The van der Waals surface area contributed by atoms with Gasteiger partial charge in [-0.3, -0.25) is 4.79 Å². The molecule has 2 heterocycles. The molecule has 1 N–H and O–H groups in total. The summed E-state index contributed by atoms with van der Waals surface area (Å²) in [4.78, 5) is 16.7. The summed E-state index contributed by atoms with van der Waals surface area (Å²) in [6.07, 6.45) is 0. The highest BCUT2D eigenvalue weighted by Crippen LogP contribution is 2.21. The number of carbonyl (C=O) groups excluding carboxylic acids is 1. The summed E-state index contributed by atoms with van der Waals surface area (Å²) < 4.78 is 0.961. The zero-order valence-corrected chi connectivity index (χ0v) is 11.7. The van der Waals surface area contributed by atoms with Crippen molar-refractivity contribution in [3.8, 4) is 0 Å². The van der Waals surface area contributed by atoms with Crippen LogP contribution in [0.25, 0.3) is 0 Å². The summed E-state index contributed by atoms with van der Waals surface area (Å²) in [5, 5.41) is 5.75. The molecule has 0 saturated carbocycles. The van der Waals surface area contributed by atoms with E-state index in [1.807, 2.05) is 18.4 Å². The lowest BCUT2D eigenvalue weighted by molar-refractivity contribution is 0.0955. The number of aromatic nitrogens is 1. The largest absolute Gasteiger partial charge is 0.345 e. The van der Waals surface area contributed by atoms with E-state index in [0.717, 1.165) is 14.5 Å². The fourth-order valence-corrected chi connectivity index (χ4v) is 3.18. The minimum atomic E-state index is -0.0523. The van der Waals surface area contributed by atoms with Crippen molar-refractivity contribution in [3.63, 3.8) is 0 Å². The van der Waals surface area contributed by atoms with Gasteiger partial charge in [-0.15, -0.1) is 22.7 Å². The molecule has 84 valence electrons. The average Bonchev–Trinajstić information content (AvgIpc) is 2.84. The van der Waals surface area contributed by atoms with E-state index in [-0.39, 0.29) is 5.91 Å². The van der Waals surface area contributed by atoms with Crippen LogP contribution in [0.2, 0.25) is 0 Å². The van der Waals surface area contributed by atoms with Gasteiger partial charge in [0.2, 0.25) is 0 Å². The number of halogens is 1. The molecule has 0 radical (unpaired) electrons. The van der Waals surface area contributed by atoms with Crippen LogP contribution in [0.5, 0.6) is 0 Å². The third kappa shape index (κ3) is 2.90. The first kappa shape index (κ1) is 11.8. The molecule has 16 heavy (non-hydrogen) atoms. The lowest BCUT2D eigenvalue weighted by atomic mass is 10.4. The third-order valence-corrected chi connectivity index (χ3v) is 4.45.